The molecule has 0 saturated heterocycles. The SMILES string of the molecule is CC(C)(C)c1cccc2[nH]cnc12.CC(C)(C)c1cccc2c1CCC(=O)N2.CC(C)(C)c1cccc2c1CCCN2.CC(C)(C)c1cccc2c1OC(F)(F)O2.CC(C)(C)c1cccc2c1OCCO2.CC(C)(C)c1cccc2ccc(=O)[nH]c12.CC(C)(C)c1csc2ccccc12.Cn1nc(C(C)(C)C)c2ccccc21. The minimum Gasteiger partial charge on any atom is -0.486 e. The number of nitrogens with zero attached hydrogens (tertiary/aromatic N) is 3. The second kappa shape index (κ2) is 34.9. The van der Waals surface area contributed by atoms with Crippen molar-refractivity contribution >= 4 is 71.5 Å². The first-order valence-corrected chi connectivity index (χ1v) is 40.5. The number of hydrogen-bond donors (Lipinski definition) is 4. The number of aryl methyl sites for hydroxylation is 1. The third-order valence-electron chi connectivity index (χ3n) is 20.0. The number of carbonyl (C=O) groups excluding carboxylic acids is 1. The zero-order valence-corrected chi connectivity index (χ0v) is 72.5. The lowest BCUT2D eigenvalue weighted by Gasteiger charge is -2.28. The number of para-hydroxylation sites is 5. The van der Waals surface area contributed by atoms with E-state index in [-0.39, 0.29) is 66.3 Å². The predicted molar refractivity (Wildman–Crippen MR) is 470 cm³/mol. The summed E-state index contributed by atoms with van der Waals surface area (Å²) >= 11 is 1.84. The zero-order chi connectivity index (χ0) is 83.0. The molecule has 0 fully saturated rings. The molecule has 0 atom stereocenters. The number of fused-ring (bicyclic) bond motifs is 8. The molecule has 0 spiro atoms. The molecule has 0 radical (unpaired) electrons. The Bertz CT molecular complexity index is 5220. The number of aromatic nitrogens is 5. The van der Waals surface area contributed by atoms with Gasteiger partial charge in [0.05, 0.1) is 34.1 Å². The van der Waals surface area contributed by atoms with E-state index in [9.17, 15) is 18.4 Å². The molecule has 0 aliphatic carbocycles. The maximum Gasteiger partial charge on any atom is 0.586 e. The van der Waals surface area contributed by atoms with Crippen LogP contribution in [0.3, 0.4) is 0 Å². The van der Waals surface area contributed by atoms with Crippen LogP contribution in [0, 0.1) is 0 Å². The number of carbonyl (C=O) groups is 1. The van der Waals surface area contributed by atoms with Gasteiger partial charge in [0.2, 0.25) is 11.5 Å². The number of rotatable bonds is 0. The van der Waals surface area contributed by atoms with Crippen LogP contribution in [-0.2, 0) is 68.0 Å². The molecule has 1 amide bonds. The van der Waals surface area contributed by atoms with Gasteiger partial charge in [-0.3, -0.25) is 14.3 Å². The first-order valence-electron chi connectivity index (χ1n) is 39.6. The Labute approximate surface area is 674 Å². The number of halogens is 2. The lowest BCUT2D eigenvalue weighted by atomic mass is 9.81. The molecule has 602 valence electrons. The van der Waals surface area contributed by atoms with Crippen molar-refractivity contribution in [3.05, 3.63) is 248 Å². The first kappa shape index (κ1) is 87.2. The summed E-state index contributed by atoms with van der Waals surface area (Å²) < 4.78 is 49.1. The number of H-pyrrole nitrogens is 2. The van der Waals surface area contributed by atoms with Crippen molar-refractivity contribution in [3.8, 4) is 23.0 Å². The molecule has 113 heavy (non-hydrogen) atoms. The fourth-order valence-corrected chi connectivity index (χ4v) is 15.5. The summed E-state index contributed by atoms with van der Waals surface area (Å²) in [6.07, 6.45) is 2.19. The maximum atomic E-state index is 12.9. The van der Waals surface area contributed by atoms with Gasteiger partial charge in [-0.05, 0) is 161 Å². The Hall–Kier alpha value is -9.80. The van der Waals surface area contributed by atoms with Crippen LogP contribution < -0.4 is 35.1 Å². The number of anilines is 2. The fourth-order valence-electron chi connectivity index (χ4n) is 14.3. The first-order chi connectivity index (χ1) is 52.6. The lowest BCUT2D eigenvalue weighted by Crippen LogP contribution is -2.26. The van der Waals surface area contributed by atoms with E-state index in [1.807, 2.05) is 86.3 Å². The number of pyridine rings is 1. The highest BCUT2D eigenvalue weighted by atomic mass is 32.1. The molecule has 16 rings (SSSR count). The third-order valence-corrected chi connectivity index (χ3v) is 20.9. The summed E-state index contributed by atoms with van der Waals surface area (Å²) in [4.78, 5) is 32.9. The summed E-state index contributed by atoms with van der Waals surface area (Å²) in [6.45, 7) is 54.7. The van der Waals surface area contributed by atoms with Crippen LogP contribution in [0.25, 0.3) is 42.9 Å². The van der Waals surface area contributed by atoms with Crippen molar-refractivity contribution < 1.29 is 32.5 Å². The summed E-state index contributed by atoms with van der Waals surface area (Å²) in [5.74, 6) is 2.19. The van der Waals surface area contributed by atoms with Crippen LogP contribution in [0.5, 0.6) is 23.0 Å². The number of alkyl halides is 2. The van der Waals surface area contributed by atoms with Crippen LogP contribution in [0.15, 0.2) is 186 Å². The van der Waals surface area contributed by atoms with E-state index in [0.717, 1.165) is 57.7 Å². The van der Waals surface area contributed by atoms with Gasteiger partial charge in [0.1, 0.15) is 13.2 Å². The quantitative estimate of drug-likeness (QED) is 0.116. The summed E-state index contributed by atoms with van der Waals surface area (Å²) in [6, 6.07) is 56.6. The van der Waals surface area contributed by atoms with Crippen molar-refractivity contribution in [2.75, 3.05) is 30.4 Å². The molecule has 8 heterocycles. The summed E-state index contributed by atoms with van der Waals surface area (Å²) in [5.41, 5.74) is 20.3. The molecular weight excluding hydrogens is 1430 g/mol. The van der Waals surface area contributed by atoms with Crippen molar-refractivity contribution in [3.63, 3.8) is 0 Å². The average Bonchev–Trinajstić information content (AvgIpc) is 1.75. The summed E-state index contributed by atoms with van der Waals surface area (Å²) in [5, 5.41) is 17.0. The Morgan fingerprint density at radius 2 is 0.973 bits per heavy atom. The van der Waals surface area contributed by atoms with E-state index < -0.39 is 6.29 Å². The minimum atomic E-state index is -3.54. The number of amides is 1. The molecule has 0 bridgehead atoms. The van der Waals surface area contributed by atoms with Crippen LogP contribution in [0.1, 0.15) is 235 Å². The second-order valence-electron chi connectivity index (χ2n) is 37.7. The van der Waals surface area contributed by atoms with E-state index in [2.05, 4.69) is 294 Å². The van der Waals surface area contributed by atoms with Crippen LogP contribution in [-0.4, -0.2) is 56.7 Å². The second-order valence-corrected chi connectivity index (χ2v) is 38.6. The van der Waals surface area contributed by atoms with E-state index in [4.69, 9.17) is 9.47 Å². The third kappa shape index (κ3) is 22.6. The van der Waals surface area contributed by atoms with Crippen molar-refractivity contribution in [2.45, 2.75) is 241 Å². The molecule has 16 heteroatoms. The molecule has 4 N–H and O–H groups in total. The molecule has 8 aromatic carbocycles. The van der Waals surface area contributed by atoms with Gasteiger partial charge in [-0.25, -0.2) is 4.98 Å². The van der Waals surface area contributed by atoms with Gasteiger partial charge >= 0.3 is 6.29 Å². The van der Waals surface area contributed by atoms with E-state index >= 15 is 0 Å². The summed E-state index contributed by atoms with van der Waals surface area (Å²) in [7, 11) is 2.00. The van der Waals surface area contributed by atoms with Crippen molar-refractivity contribution in [1.29, 1.82) is 0 Å². The Morgan fingerprint density at radius 1 is 0.460 bits per heavy atom. The normalized spacial score (nSPS) is 14.3. The standard InChI is InChI=1S/C13H17NO.C13H15NO.C13H19N.C12H16N2.C12H16O2.C12H14S.C11H12F2O2.C11H14N2/c1-13(2,3)10-5-4-6-11-9(10)7-8-12(15)14-11;1-13(2,3)10-6-4-5-9-7-8-11(15)14-12(9)10;1-13(2,3)11-7-4-8-12-10(11)6-5-9-14-12;1-12(2,3)11-9-7-5-6-8-10(9)14(4)13-11;1-12(2,3)9-5-4-6-10-11(9)14-8-7-13-10;1-12(2,3)10-8-13-11-7-5-4-6-9(10)11;1-10(2,3)7-5-4-6-8-9(7)15-11(12,13)14-8;1-11(2,3)8-5-4-6-9-10(8)13-7-12-9/h4-6H,7-8H2,1-3H3,(H,14,15);4-8H,1-3H3,(H,14,15);4,7-8,14H,5-6,9H2,1-3H3;5-8H,1-4H3;4-6H,7-8H2,1-3H3;4-8H,1-3H3;4-6H,1-3H3;4-7H,1-3H3,(H,12,13). The highest BCUT2D eigenvalue weighted by Crippen LogP contribution is 2.47. The molecular formula is C97H123F2N7O6S. The number of imidazole rings is 1. The Balaban J connectivity index is 0.000000148. The molecule has 4 aromatic heterocycles. The zero-order valence-electron chi connectivity index (χ0n) is 71.7. The lowest BCUT2D eigenvalue weighted by molar-refractivity contribution is -0.287. The van der Waals surface area contributed by atoms with Gasteiger partial charge in [-0.1, -0.05) is 281 Å². The van der Waals surface area contributed by atoms with Gasteiger partial charge in [-0.15, -0.1) is 20.1 Å². The fraction of sp³-hybridized carbons (Fsp3) is 0.423. The van der Waals surface area contributed by atoms with Crippen molar-refractivity contribution in [1.82, 2.24) is 24.7 Å². The highest BCUT2D eigenvalue weighted by molar-refractivity contribution is 7.17. The highest BCUT2D eigenvalue weighted by Gasteiger charge is 2.45. The maximum absolute atomic E-state index is 12.9. The van der Waals surface area contributed by atoms with Gasteiger partial charge < -0.3 is 39.5 Å². The smallest absolute Gasteiger partial charge is 0.486 e. The molecule has 0 saturated carbocycles. The minimum absolute atomic E-state index is 0.0424. The topological polar surface area (TPSA) is 157 Å². The number of nitrogens with one attached hydrogen (secondary N) is 4. The number of ether oxygens (including phenoxy) is 4. The molecule has 13 nitrogen and oxygen atoms in total. The molecule has 4 aliphatic rings. The van der Waals surface area contributed by atoms with Crippen LogP contribution in [0.2, 0.25) is 0 Å². The molecule has 4 aliphatic heterocycles. The Kier molecular flexibility index (Phi) is 26.9. The van der Waals surface area contributed by atoms with E-state index in [1.54, 1.807) is 24.5 Å². The van der Waals surface area contributed by atoms with Gasteiger partial charge in [0, 0.05) is 64.1 Å². The number of benzene rings is 8. The van der Waals surface area contributed by atoms with E-state index in [1.165, 1.54) is 95.8 Å². The van der Waals surface area contributed by atoms with Crippen LogP contribution >= 0.6 is 11.3 Å². The van der Waals surface area contributed by atoms with E-state index in [0.29, 0.717) is 19.6 Å². The number of hydrogen-bond acceptors (Lipinski definition) is 10. The number of thiophene rings is 1. The van der Waals surface area contributed by atoms with Gasteiger partial charge in [0.15, 0.2) is 23.0 Å². The average molecular weight is 1550 g/mol. The van der Waals surface area contributed by atoms with Crippen LogP contribution in [0.4, 0.5) is 20.2 Å². The molecule has 12 aromatic rings. The molecule has 0 unspecified atom stereocenters. The largest absolute Gasteiger partial charge is 0.586 e. The predicted octanol–water partition coefficient (Wildman–Crippen LogP) is 25.0. The van der Waals surface area contributed by atoms with Gasteiger partial charge in [-0.2, -0.15) is 5.10 Å². The monoisotopic (exact) mass is 1550 g/mol. The van der Waals surface area contributed by atoms with Gasteiger partial charge in [0.25, 0.3) is 0 Å². The van der Waals surface area contributed by atoms with Crippen molar-refractivity contribution in [2.24, 2.45) is 7.05 Å². The number of aromatic amines is 2. The Morgan fingerprint density at radius 3 is 1.59 bits per heavy atom.